The normalized spacial score (nSPS) is 12.4. The summed E-state index contributed by atoms with van der Waals surface area (Å²) in [7, 11) is 0. The maximum Gasteiger partial charge on any atom is 0.274 e. The highest BCUT2D eigenvalue weighted by atomic mass is 16.6. The van der Waals surface area contributed by atoms with Crippen LogP contribution < -0.4 is 0 Å². The van der Waals surface area contributed by atoms with Gasteiger partial charge in [0.2, 0.25) is 0 Å². The van der Waals surface area contributed by atoms with Gasteiger partial charge in [0.05, 0.1) is 22.9 Å². The molecule has 0 spiro atoms. The van der Waals surface area contributed by atoms with Crippen LogP contribution >= 0.6 is 0 Å². The lowest BCUT2D eigenvalue weighted by Gasteiger charge is -2.07. The Balaban J connectivity index is 2.49. The van der Waals surface area contributed by atoms with Crippen LogP contribution in [-0.2, 0) is 0 Å². The maximum absolute atomic E-state index is 11.0. The molecule has 1 unspecified atom stereocenters. The number of hydrogen-bond donors (Lipinski definition) is 1. The van der Waals surface area contributed by atoms with Crippen LogP contribution in [0.5, 0.6) is 0 Å². The zero-order chi connectivity index (χ0) is 14.9. The Morgan fingerprint density at radius 3 is 2.70 bits per heavy atom. The second-order valence-electron chi connectivity index (χ2n) is 4.69. The van der Waals surface area contributed by atoms with Crippen LogP contribution in [0.3, 0.4) is 0 Å². The summed E-state index contributed by atoms with van der Waals surface area (Å²) < 4.78 is 1.45. The first-order valence-corrected chi connectivity index (χ1v) is 6.30. The first-order chi connectivity index (χ1) is 9.43. The Bertz CT molecular complexity index is 651. The van der Waals surface area contributed by atoms with Gasteiger partial charge in [-0.15, -0.1) is 5.10 Å². The molecule has 0 radical (unpaired) electrons. The fraction of sp³-hybridized carbons (Fsp3) is 0.385. The van der Waals surface area contributed by atoms with E-state index in [4.69, 9.17) is 0 Å². The molecule has 7 heteroatoms. The van der Waals surface area contributed by atoms with Crippen LogP contribution in [0.15, 0.2) is 18.3 Å². The summed E-state index contributed by atoms with van der Waals surface area (Å²) in [4.78, 5) is 10.6. The smallest absolute Gasteiger partial charge is 0.274 e. The van der Waals surface area contributed by atoms with Gasteiger partial charge in [-0.1, -0.05) is 12.1 Å². The minimum atomic E-state index is -0.676. The zero-order valence-electron chi connectivity index (χ0n) is 11.6. The molecule has 0 fully saturated rings. The van der Waals surface area contributed by atoms with E-state index in [1.165, 1.54) is 10.7 Å². The van der Waals surface area contributed by atoms with Crippen molar-refractivity contribution in [3.05, 3.63) is 45.3 Å². The highest BCUT2D eigenvalue weighted by molar-refractivity contribution is 5.53. The molecular weight excluding hydrogens is 260 g/mol. The number of rotatable bonds is 4. The molecule has 106 valence electrons. The van der Waals surface area contributed by atoms with Crippen molar-refractivity contribution in [2.75, 3.05) is 0 Å². The highest BCUT2D eigenvalue weighted by Crippen LogP contribution is 2.25. The van der Waals surface area contributed by atoms with Crippen LogP contribution in [0.2, 0.25) is 0 Å². The van der Waals surface area contributed by atoms with Crippen LogP contribution in [-0.4, -0.2) is 25.0 Å². The highest BCUT2D eigenvalue weighted by Gasteiger charge is 2.17. The molecule has 1 N–H and O–H groups in total. The van der Waals surface area contributed by atoms with E-state index in [0.29, 0.717) is 23.4 Å². The monoisotopic (exact) mass is 276 g/mol. The van der Waals surface area contributed by atoms with E-state index in [0.717, 1.165) is 5.56 Å². The van der Waals surface area contributed by atoms with Crippen molar-refractivity contribution in [3.8, 4) is 5.69 Å². The molecule has 1 aromatic carbocycles. The lowest BCUT2D eigenvalue weighted by molar-refractivity contribution is -0.385. The van der Waals surface area contributed by atoms with E-state index >= 15 is 0 Å². The number of aliphatic hydroxyl groups is 1. The first-order valence-electron chi connectivity index (χ1n) is 6.30. The molecule has 0 amide bonds. The number of nitro benzene ring substituents is 1. The van der Waals surface area contributed by atoms with Crippen LogP contribution in [0, 0.1) is 24.0 Å². The molecule has 20 heavy (non-hydrogen) atoms. The van der Waals surface area contributed by atoms with Gasteiger partial charge < -0.3 is 5.11 Å². The van der Waals surface area contributed by atoms with E-state index in [1.54, 1.807) is 19.2 Å². The first kappa shape index (κ1) is 14.1. The SMILES string of the molecule is CCC(O)c1cn(-c2cc([N+](=O)[O-])c(C)cc2C)nn1. The van der Waals surface area contributed by atoms with Crippen LogP contribution in [0.4, 0.5) is 5.69 Å². The number of nitrogens with zero attached hydrogens (tertiary/aromatic N) is 4. The number of hydrogen-bond acceptors (Lipinski definition) is 5. The number of benzene rings is 1. The molecule has 0 bridgehead atoms. The molecule has 1 heterocycles. The van der Waals surface area contributed by atoms with E-state index < -0.39 is 11.0 Å². The molecule has 0 aliphatic carbocycles. The van der Waals surface area contributed by atoms with Crippen molar-refractivity contribution in [3.63, 3.8) is 0 Å². The van der Waals surface area contributed by atoms with Gasteiger partial charge >= 0.3 is 0 Å². The standard InChI is InChI=1S/C13H16N4O3/c1-4-13(18)10-7-16(15-14-10)11-6-12(17(19)20)9(3)5-8(11)2/h5-7,13,18H,4H2,1-3H3. The molecule has 1 aromatic heterocycles. The summed E-state index contributed by atoms with van der Waals surface area (Å²) in [5.41, 5.74) is 2.54. The third-order valence-electron chi connectivity index (χ3n) is 3.20. The summed E-state index contributed by atoms with van der Waals surface area (Å²) in [6.45, 7) is 5.39. The molecule has 0 aliphatic rings. The van der Waals surface area contributed by atoms with Gasteiger partial charge in [-0.3, -0.25) is 10.1 Å². The number of aliphatic hydroxyl groups excluding tert-OH is 1. The van der Waals surface area contributed by atoms with Crippen LogP contribution in [0.25, 0.3) is 5.69 Å². The topological polar surface area (TPSA) is 94.1 Å². The molecule has 2 aromatic rings. The molecule has 0 saturated carbocycles. The Kier molecular flexibility index (Phi) is 3.80. The average Bonchev–Trinajstić information content (AvgIpc) is 2.86. The van der Waals surface area contributed by atoms with Gasteiger partial charge in [-0.05, 0) is 31.9 Å². The van der Waals surface area contributed by atoms with Crippen LogP contribution in [0.1, 0.15) is 36.3 Å². The maximum atomic E-state index is 11.0. The van der Waals surface area contributed by atoms with Gasteiger partial charge in [-0.2, -0.15) is 0 Å². The summed E-state index contributed by atoms with van der Waals surface area (Å²) in [5.74, 6) is 0. The predicted octanol–water partition coefficient (Wildman–Crippen LogP) is 2.24. The quantitative estimate of drug-likeness (QED) is 0.682. The number of aromatic nitrogens is 3. The number of aryl methyl sites for hydroxylation is 2. The third-order valence-corrected chi connectivity index (χ3v) is 3.20. The Morgan fingerprint density at radius 1 is 1.40 bits per heavy atom. The summed E-state index contributed by atoms with van der Waals surface area (Å²) in [6.07, 6.45) is 1.45. The summed E-state index contributed by atoms with van der Waals surface area (Å²) in [6, 6.07) is 3.21. The predicted molar refractivity (Wildman–Crippen MR) is 72.7 cm³/mol. The Hall–Kier alpha value is -2.28. The van der Waals surface area contributed by atoms with Gasteiger partial charge in [-0.25, -0.2) is 4.68 Å². The molecule has 7 nitrogen and oxygen atoms in total. The summed E-state index contributed by atoms with van der Waals surface area (Å²) in [5, 5.41) is 28.5. The fourth-order valence-electron chi connectivity index (χ4n) is 2.03. The van der Waals surface area contributed by atoms with Crippen molar-refractivity contribution in [1.29, 1.82) is 0 Å². The Morgan fingerprint density at radius 2 is 2.10 bits per heavy atom. The second kappa shape index (κ2) is 5.38. The summed E-state index contributed by atoms with van der Waals surface area (Å²) >= 11 is 0. The minimum Gasteiger partial charge on any atom is -0.387 e. The molecule has 2 rings (SSSR count). The van der Waals surface area contributed by atoms with Crippen molar-refractivity contribution >= 4 is 5.69 Å². The van der Waals surface area contributed by atoms with E-state index in [2.05, 4.69) is 10.3 Å². The molecule has 1 atom stereocenters. The van der Waals surface area contributed by atoms with E-state index in [-0.39, 0.29) is 5.69 Å². The second-order valence-corrected chi connectivity index (χ2v) is 4.69. The van der Waals surface area contributed by atoms with E-state index in [9.17, 15) is 15.2 Å². The molecular formula is C13H16N4O3. The van der Waals surface area contributed by atoms with Crippen molar-refractivity contribution in [2.45, 2.75) is 33.3 Å². The number of nitro groups is 1. The van der Waals surface area contributed by atoms with Gasteiger partial charge in [0, 0.05) is 11.6 Å². The van der Waals surface area contributed by atoms with Crippen molar-refractivity contribution < 1.29 is 10.0 Å². The van der Waals surface area contributed by atoms with Gasteiger partial charge in [0.15, 0.2) is 0 Å². The van der Waals surface area contributed by atoms with Crippen molar-refractivity contribution in [1.82, 2.24) is 15.0 Å². The lowest BCUT2D eigenvalue weighted by atomic mass is 10.1. The fourth-order valence-corrected chi connectivity index (χ4v) is 2.03. The zero-order valence-corrected chi connectivity index (χ0v) is 11.6. The third kappa shape index (κ3) is 2.53. The minimum absolute atomic E-state index is 0.0405. The van der Waals surface area contributed by atoms with Gasteiger partial charge in [0.1, 0.15) is 5.69 Å². The van der Waals surface area contributed by atoms with Crippen molar-refractivity contribution in [2.24, 2.45) is 0 Å². The van der Waals surface area contributed by atoms with E-state index in [1.807, 2.05) is 13.8 Å². The largest absolute Gasteiger partial charge is 0.387 e. The average molecular weight is 276 g/mol. The Labute approximate surface area is 116 Å². The molecule has 0 aliphatic heterocycles. The van der Waals surface area contributed by atoms with Gasteiger partial charge in [0.25, 0.3) is 5.69 Å². The lowest BCUT2D eigenvalue weighted by Crippen LogP contribution is -2.01. The molecule has 0 saturated heterocycles.